The highest BCUT2D eigenvalue weighted by Gasteiger charge is 2.43. The highest BCUT2D eigenvalue weighted by molar-refractivity contribution is 5.84. The lowest BCUT2D eigenvalue weighted by Crippen LogP contribution is -2.03. The maximum absolute atomic E-state index is 11.4. The van der Waals surface area contributed by atoms with Crippen molar-refractivity contribution in [1.82, 2.24) is 0 Å². The van der Waals surface area contributed by atoms with Crippen LogP contribution >= 0.6 is 0 Å². The van der Waals surface area contributed by atoms with Gasteiger partial charge in [-0.3, -0.25) is 0 Å². The average molecular weight is 216 g/mol. The van der Waals surface area contributed by atoms with Gasteiger partial charge in [0.2, 0.25) is 0 Å². The zero-order chi connectivity index (χ0) is 11.6. The Labute approximate surface area is 95.9 Å². The smallest absolute Gasteiger partial charge is 0.335 e. The Bertz CT molecular complexity index is 404. The number of hydrogen-bond donors (Lipinski definition) is 0. The fourth-order valence-corrected chi connectivity index (χ4v) is 1.67. The maximum atomic E-state index is 11.4. The summed E-state index contributed by atoms with van der Waals surface area (Å²) in [5, 5.41) is 0. The fraction of sp³-hybridized carbons (Fsp3) is 0.357. The molecule has 2 rings (SSSR count). The topological polar surface area (TPSA) is 26.3 Å². The molecule has 1 fully saturated rings. The zero-order valence-electron chi connectivity index (χ0n) is 9.64. The van der Waals surface area contributed by atoms with E-state index in [2.05, 4.69) is 13.8 Å². The fourth-order valence-electron chi connectivity index (χ4n) is 1.67. The Morgan fingerprint density at radius 1 is 1.38 bits per heavy atom. The lowest BCUT2D eigenvalue weighted by atomic mass is 10.1. The first-order chi connectivity index (χ1) is 7.58. The van der Waals surface area contributed by atoms with Gasteiger partial charge in [-0.2, -0.15) is 0 Å². The molecule has 0 amide bonds. The largest absolute Gasteiger partial charge is 0.423 e. The van der Waals surface area contributed by atoms with Crippen LogP contribution in [0.15, 0.2) is 42.5 Å². The van der Waals surface area contributed by atoms with Crippen LogP contribution in [0.25, 0.3) is 0 Å². The molecule has 0 heterocycles. The van der Waals surface area contributed by atoms with E-state index in [0.717, 1.165) is 6.42 Å². The molecule has 0 aromatic heterocycles. The quantitative estimate of drug-likeness (QED) is 0.440. The summed E-state index contributed by atoms with van der Waals surface area (Å²) in [4.78, 5) is 11.4. The van der Waals surface area contributed by atoms with Crippen LogP contribution in [0, 0.1) is 11.3 Å². The first kappa shape index (κ1) is 10.9. The van der Waals surface area contributed by atoms with Gasteiger partial charge in [0.25, 0.3) is 0 Å². The summed E-state index contributed by atoms with van der Waals surface area (Å²) in [6.07, 6.45) is 4.64. The van der Waals surface area contributed by atoms with Crippen LogP contribution in [0.1, 0.15) is 20.3 Å². The minimum Gasteiger partial charge on any atom is -0.423 e. The van der Waals surface area contributed by atoms with E-state index < -0.39 is 0 Å². The molecular formula is C14H16O2. The van der Waals surface area contributed by atoms with Gasteiger partial charge in [-0.1, -0.05) is 38.1 Å². The van der Waals surface area contributed by atoms with Crippen LogP contribution in [-0.4, -0.2) is 5.97 Å². The second kappa shape index (κ2) is 4.12. The van der Waals surface area contributed by atoms with Gasteiger partial charge in [-0.15, -0.1) is 0 Å². The van der Waals surface area contributed by atoms with Crippen molar-refractivity contribution in [1.29, 1.82) is 0 Å². The molecule has 0 aliphatic heterocycles. The molecule has 1 unspecified atom stereocenters. The van der Waals surface area contributed by atoms with Gasteiger partial charge < -0.3 is 4.74 Å². The van der Waals surface area contributed by atoms with Crippen molar-refractivity contribution < 1.29 is 9.53 Å². The van der Waals surface area contributed by atoms with Crippen molar-refractivity contribution in [2.24, 2.45) is 11.3 Å². The van der Waals surface area contributed by atoms with Gasteiger partial charge in [-0.25, -0.2) is 4.79 Å². The molecule has 1 aliphatic carbocycles. The van der Waals surface area contributed by atoms with Gasteiger partial charge in [0.15, 0.2) is 0 Å². The molecule has 0 saturated heterocycles. The minimum atomic E-state index is -0.297. The van der Waals surface area contributed by atoms with Crippen molar-refractivity contribution in [3.8, 4) is 5.75 Å². The molecule has 1 aromatic carbocycles. The molecular weight excluding hydrogens is 200 g/mol. The molecule has 1 atom stereocenters. The van der Waals surface area contributed by atoms with Gasteiger partial charge >= 0.3 is 5.97 Å². The number of para-hydroxylation sites is 1. The number of esters is 1. The van der Waals surface area contributed by atoms with E-state index in [1.807, 2.05) is 24.3 Å². The van der Waals surface area contributed by atoms with Crippen molar-refractivity contribution in [2.75, 3.05) is 0 Å². The molecule has 0 radical (unpaired) electrons. The summed E-state index contributed by atoms with van der Waals surface area (Å²) < 4.78 is 5.13. The summed E-state index contributed by atoms with van der Waals surface area (Å²) in [7, 11) is 0. The molecule has 2 heteroatoms. The third kappa shape index (κ3) is 2.72. The lowest BCUT2D eigenvalue weighted by Gasteiger charge is -2.00. The van der Waals surface area contributed by atoms with Crippen molar-refractivity contribution >= 4 is 5.97 Å². The summed E-state index contributed by atoms with van der Waals surface area (Å²) in [6.45, 7) is 4.40. The second-order valence-electron chi connectivity index (χ2n) is 4.89. The molecule has 0 N–H and O–H groups in total. The maximum Gasteiger partial charge on any atom is 0.335 e. The first-order valence-corrected chi connectivity index (χ1v) is 5.53. The monoisotopic (exact) mass is 216 g/mol. The number of ether oxygens (including phenoxy) is 1. The Morgan fingerprint density at radius 3 is 2.56 bits per heavy atom. The highest BCUT2D eigenvalue weighted by Crippen LogP contribution is 2.52. The second-order valence-corrected chi connectivity index (χ2v) is 4.89. The van der Waals surface area contributed by atoms with Gasteiger partial charge in [-0.05, 0) is 29.9 Å². The number of hydrogen-bond acceptors (Lipinski definition) is 2. The number of allylic oxidation sites excluding steroid dienone is 1. The summed E-state index contributed by atoms with van der Waals surface area (Å²) in [5.41, 5.74) is 0.365. The number of carbonyl (C=O) groups excluding carboxylic acids is 1. The van der Waals surface area contributed by atoms with Crippen LogP contribution in [0.2, 0.25) is 0 Å². The van der Waals surface area contributed by atoms with Crippen LogP contribution in [0.5, 0.6) is 5.75 Å². The molecule has 0 spiro atoms. The van der Waals surface area contributed by atoms with Gasteiger partial charge in [0.1, 0.15) is 5.75 Å². The Balaban J connectivity index is 1.86. The van der Waals surface area contributed by atoms with Crippen LogP contribution in [0.4, 0.5) is 0 Å². The van der Waals surface area contributed by atoms with Gasteiger partial charge in [0.05, 0.1) is 0 Å². The van der Waals surface area contributed by atoms with E-state index in [-0.39, 0.29) is 5.97 Å². The molecule has 1 saturated carbocycles. The van der Waals surface area contributed by atoms with Gasteiger partial charge in [0, 0.05) is 6.08 Å². The zero-order valence-corrected chi connectivity index (χ0v) is 9.64. The molecule has 16 heavy (non-hydrogen) atoms. The third-order valence-corrected chi connectivity index (χ3v) is 3.02. The van der Waals surface area contributed by atoms with E-state index in [9.17, 15) is 4.79 Å². The van der Waals surface area contributed by atoms with E-state index in [0.29, 0.717) is 17.1 Å². The third-order valence-electron chi connectivity index (χ3n) is 3.02. The predicted molar refractivity (Wildman–Crippen MR) is 63.1 cm³/mol. The highest BCUT2D eigenvalue weighted by atomic mass is 16.5. The van der Waals surface area contributed by atoms with Crippen LogP contribution in [-0.2, 0) is 4.79 Å². The Morgan fingerprint density at radius 2 is 2.00 bits per heavy atom. The summed E-state index contributed by atoms with van der Waals surface area (Å²) >= 11 is 0. The first-order valence-electron chi connectivity index (χ1n) is 5.53. The number of rotatable bonds is 3. The van der Waals surface area contributed by atoms with E-state index in [4.69, 9.17) is 4.74 Å². The Hall–Kier alpha value is -1.57. The van der Waals surface area contributed by atoms with Crippen molar-refractivity contribution in [3.05, 3.63) is 42.5 Å². The van der Waals surface area contributed by atoms with E-state index >= 15 is 0 Å². The van der Waals surface area contributed by atoms with Crippen molar-refractivity contribution in [3.63, 3.8) is 0 Å². The molecule has 84 valence electrons. The average Bonchev–Trinajstić information content (AvgIpc) is 2.85. The molecule has 0 bridgehead atoms. The SMILES string of the molecule is CC1(C)CC1C=CC(=O)Oc1ccccc1. The van der Waals surface area contributed by atoms with E-state index in [1.54, 1.807) is 12.1 Å². The predicted octanol–water partition coefficient (Wildman–Crippen LogP) is 3.19. The molecule has 1 aliphatic rings. The molecule has 1 aromatic rings. The number of benzene rings is 1. The van der Waals surface area contributed by atoms with Crippen molar-refractivity contribution in [2.45, 2.75) is 20.3 Å². The summed E-state index contributed by atoms with van der Waals surface area (Å²) in [6, 6.07) is 9.12. The normalized spacial score (nSPS) is 22.0. The van der Waals surface area contributed by atoms with E-state index in [1.165, 1.54) is 6.08 Å². The van der Waals surface area contributed by atoms with Crippen LogP contribution in [0.3, 0.4) is 0 Å². The lowest BCUT2D eigenvalue weighted by molar-refractivity contribution is -0.129. The standard InChI is InChI=1S/C14H16O2/c1-14(2)10-11(14)8-9-13(15)16-12-6-4-3-5-7-12/h3-9,11H,10H2,1-2H3. The molecule has 2 nitrogen and oxygen atoms in total. The minimum absolute atomic E-state index is 0.297. The summed E-state index contributed by atoms with van der Waals surface area (Å²) in [5.74, 6) is 0.817. The van der Waals surface area contributed by atoms with Crippen LogP contribution < -0.4 is 4.74 Å². The Kier molecular flexibility index (Phi) is 2.82. The number of carbonyl (C=O) groups is 1.